The first-order valence-corrected chi connectivity index (χ1v) is 19.6. The smallest absolute Gasteiger partial charge is 0.164 e. The third-order valence-corrected chi connectivity index (χ3v) is 11.9. The summed E-state index contributed by atoms with van der Waals surface area (Å²) in [6, 6.07) is 64.4. The summed E-state index contributed by atoms with van der Waals surface area (Å²) in [4.78, 5) is 15.3. The van der Waals surface area contributed by atoms with Crippen molar-refractivity contribution in [1.29, 1.82) is 0 Å². The van der Waals surface area contributed by atoms with Crippen molar-refractivity contribution in [3.05, 3.63) is 182 Å². The van der Waals surface area contributed by atoms with Gasteiger partial charge in [-0.1, -0.05) is 140 Å². The van der Waals surface area contributed by atoms with E-state index >= 15 is 0 Å². The number of fused-ring (bicyclic) bond motifs is 7. The van der Waals surface area contributed by atoms with Crippen LogP contribution < -0.4 is 0 Å². The van der Waals surface area contributed by atoms with Gasteiger partial charge in [0.15, 0.2) is 17.5 Å². The molecule has 58 heavy (non-hydrogen) atoms. The van der Waals surface area contributed by atoms with Gasteiger partial charge in [-0.2, -0.15) is 0 Å². The lowest BCUT2D eigenvalue weighted by molar-refractivity contribution is 0.669. The van der Waals surface area contributed by atoms with Gasteiger partial charge in [0, 0.05) is 32.8 Å². The normalized spacial score (nSPS) is 12.1. The van der Waals surface area contributed by atoms with Crippen LogP contribution in [0.4, 0.5) is 0 Å². The zero-order valence-corrected chi connectivity index (χ0v) is 31.0. The van der Waals surface area contributed by atoms with Crippen molar-refractivity contribution < 1.29 is 4.42 Å². The summed E-state index contributed by atoms with van der Waals surface area (Å²) in [5.74, 6) is 1.81. The van der Waals surface area contributed by atoms with Crippen molar-refractivity contribution >= 4 is 65.3 Å². The van der Waals surface area contributed by atoms with Crippen LogP contribution >= 0.6 is 0 Å². The van der Waals surface area contributed by atoms with E-state index < -0.39 is 0 Å². The van der Waals surface area contributed by atoms with Crippen molar-refractivity contribution in [2.24, 2.45) is 0 Å². The number of furan rings is 1. The van der Waals surface area contributed by atoms with Gasteiger partial charge in [0.05, 0.1) is 22.1 Å². The summed E-state index contributed by atoms with van der Waals surface area (Å²) < 4.78 is 9.18. The average molecular weight is 739 g/mol. The van der Waals surface area contributed by atoms with E-state index in [1.165, 1.54) is 54.6 Å². The molecule has 0 saturated heterocycles. The summed E-state index contributed by atoms with van der Waals surface area (Å²) in [5, 5.41) is 9.56. The average Bonchev–Trinajstić information content (AvgIpc) is 3.81. The van der Waals surface area contributed by atoms with Crippen LogP contribution in [0, 0.1) is 0 Å². The molecule has 0 fully saturated rings. The molecule has 0 saturated carbocycles. The molecule has 0 bridgehead atoms. The van der Waals surface area contributed by atoms with Gasteiger partial charge in [0.2, 0.25) is 0 Å². The summed E-state index contributed by atoms with van der Waals surface area (Å²) in [5.41, 5.74) is 12.5. The highest BCUT2D eigenvalue weighted by Gasteiger charge is 2.27. The number of hydrogen-bond acceptors (Lipinski definition) is 4. The molecule has 0 aliphatic heterocycles. The van der Waals surface area contributed by atoms with E-state index in [1.54, 1.807) is 0 Å². The molecule has 0 N–H and O–H groups in total. The molecule has 9 aromatic carbocycles. The van der Waals surface area contributed by atoms with Crippen LogP contribution in [-0.2, 0) is 0 Å². The molecule has 0 amide bonds. The third kappa shape index (κ3) is 4.44. The molecule has 268 valence electrons. The Labute approximate surface area is 332 Å². The highest BCUT2D eigenvalue weighted by Crippen LogP contribution is 2.51. The summed E-state index contributed by atoms with van der Waals surface area (Å²) in [7, 11) is 0. The molecule has 13 rings (SSSR count). The van der Waals surface area contributed by atoms with Crippen LogP contribution in [0.2, 0.25) is 0 Å². The fourth-order valence-electron chi connectivity index (χ4n) is 9.40. The van der Waals surface area contributed by atoms with Crippen molar-refractivity contribution in [2.45, 2.75) is 0 Å². The number of para-hydroxylation sites is 1. The van der Waals surface area contributed by atoms with E-state index in [4.69, 9.17) is 19.4 Å². The monoisotopic (exact) mass is 738 g/mol. The van der Waals surface area contributed by atoms with E-state index in [2.05, 4.69) is 114 Å². The Morgan fingerprint density at radius 2 is 0.914 bits per heavy atom. The quantitative estimate of drug-likeness (QED) is 0.180. The fourth-order valence-corrected chi connectivity index (χ4v) is 9.40. The highest BCUT2D eigenvalue weighted by atomic mass is 16.3. The maximum absolute atomic E-state index is 6.73. The second-order valence-corrected chi connectivity index (χ2v) is 15.1. The topological polar surface area (TPSA) is 56.7 Å². The Kier molecular flexibility index (Phi) is 6.38. The van der Waals surface area contributed by atoms with Gasteiger partial charge in [0.25, 0.3) is 0 Å². The fraction of sp³-hybridized carbons (Fsp3) is 0. The molecule has 12 aromatic rings. The van der Waals surface area contributed by atoms with E-state index in [0.29, 0.717) is 17.5 Å². The van der Waals surface area contributed by atoms with Gasteiger partial charge in [-0.3, -0.25) is 0 Å². The Hall–Kier alpha value is -7.89. The van der Waals surface area contributed by atoms with Crippen molar-refractivity contribution in [3.63, 3.8) is 0 Å². The summed E-state index contributed by atoms with van der Waals surface area (Å²) in [6.45, 7) is 0. The van der Waals surface area contributed by atoms with Crippen molar-refractivity contribution in [2.75, 3.05) is 0 Å². The van der Waals surface area contributed by atoms with E-state index in [9.17, 15) is 0 Å². The molecule has 5 nitrogen and oxygen atoms in total. The van der Waals surface area contributed by atoms with Crippen molar-refractivity contribution in [1.82, 2.24) is 19.5 Å². The Bertz CT molecular complexity index is 3620. The molecule has 0 radical (unpaired) electrons. The zero-order valence-electron chi connectivity index (χ0n) is 31.0. The van der Waals surface area contributed by atoms with Crippen LogP contribution in [0.5, 0.6) is 0 Å². The van der Waals surface area contributed by atoms with Crippen LogP contribution in [0.25, 0.3) is 127 Å². The van der Waals surface area contributed by atoms with Gasteiger partial charge in [-0.15, -0.1) is 0 Å². The van der Waals surface area contributed by atoms with Gasteiger partial charge < -0.3 is 8.98 Å². The largest absolute Gasteiger partial charge is 0.456 e. The molecule has 0 unspecified atom stereocenters. The molecule has 1 aliphatic rings. The number of rotatable bonds is 4. The predicted molar refractivity (Wildman–Crippen MR) is 237 cm³/mol. The number of aromatic nitrogens is 4. The predicted octanol–water partition coefficient (Wildman–Crippen LogP) is 13.8. The lowest BCUT2D eigenvalue weighted by atomic mass is 9.91. The second kappa shape index (κ2) is 11.8. The maximum Gasteiger partial charge on any atom is 0.164 e. The van der Waals surface area contributed by atoms with Crippen LogP contribution in [-0.4, -0.2) is 19.5 Å². The highest BCUT2D eigenvalue weighted by molar-refractivity contribution is 6.31. The van der Waals surface area contributed by atoms with E-state index in [0.717, 1.165) is 55.3 Å². The minimum Gasteiger partial charge on any atom is -0.456 e. The van der Waals surface area contributed by atoms with Gasteiger partial charge in [0.1, 0.15) is 11.2 Å². The first kappa shape index (κ1) is 31.3. The minimum atomic E-state index is 0.576. The Morgan fingerprint density at radius 3 is 1.62 bits per heavy atom. The number of benzene rings is 9. The molecule has 5 heteroatoms. The maximum atomic E-state index is 6.73. The van der Waals surface area contributed by atoms with E-state index in [-0.39, 0.29) is 0 Å². The lowest BCUT2D eigenvalue weighted by Crippen LogP contribution is -2.01. The molecule has 0 spiro atoms. The van der Waals surface area contributed by atoms with Crippen LogP contribution in [0.3, 0.4) is 0 Å². The molecular formula is C53H30N4O. The lowest BCUT2D eigenvalue weighted by Gasteiger charge is -2.16. The van der Waals surface area contributed by atoms with Crippen LogP contribution in [0.1, 0.15) is 0 Å². The summed E-state index contributed by atoms with van der Waals surface area (Å²) in [6.07, 6.45) is 0. The Morgan fingerprint density at radius 1 is 0.345 bits per heavy atom. The first-order chi connectivity index (χ1) is 28.7. The molecule has 3 heterocycles. The third-order valence-electron chi connectivity index (χ3n) is 11.9. The molecule has 3 aromatic heterocycles. The Balaban J connectivity index is 1.16. The first-order valence-electron chi connectivity index (χ1n) is 19.6. The van der Waals surface area contributed by atoms with Gasteiger partial charge in [-0.25, -0.2) is 15.0 Å². The SMILES string of the molecule is c1ccc(-c2nc(-c3ccccc3)nc(-c3cc(-n4c5cccc6c5c5c7c(cccc7ccc54)-c4cc5ccccc5cc4-6)c4c(c3)oc3ccccc34)n2)cc1. The van der Waals surface area contributed by atoms with E-state index in [1.807, 2.05) is 72.8 Å². The number of nitrogens with zero attached hydrogens (tertiary/aromatic N) is 4. The molecule has 0 atom stereocenters. The number of hydrogen-bond donors (Lipinski definition) is 0. The standard InChI is InChI=1S/C53H30N4O/c1-3-13-32(14-4-1)51-54-52(33-15-5-2-6-16-33)56-53(55-51)36-29-44(48-39-20-9-10-24-45(39)58-46(48)30-36)57-42-23-12-22-38-41-28-35-18-8-7-17-34(35)27-40(41)37-21-11-19-31-25-26-43(57)50(47(31)37)49(38)42/h1-30H. The van der Waals surface area contributed by atoms with Crippen molar-refractivity contribution in [3.8, 4) is 62.1 Å². The van der Waals surface area contributed by atoms with Crippen LogP contribution in [0.15, 0.2) is 186 Å². The van der Waals surface area contributed by atoms with Gasteiger partial charge in [-0.05, 0) is 86.3 Å². The molecular weight excluding hydrogens is 709 g/mol. The minimum absolute atomic E-state index is 0.576. The summed E-state index contributed by atoms with van der Waals surface area (Å²) >= 11 is 0. The van der Waals surface area contributed by atoms with Gasteiger partial charge >= 0.3 is 0 Å². The molecule has 1 aliphatic carbocycles. The second-order valence-electron chi connectivity index (χ2n) is 15.1. The zero-order chi connectivity index (χ0) is 37.9.